The van der Waals surface area contributed by atoms with Crippen molar-refractivity contribution >= 4 is 34.5 Å². The van der Waals surface area contributed by atoms with Crippen molar-refractivity contribution < 1.29 is 14.3 Å². The second kappa shape index (κ2) is 10.2. The Balaban J connectivity index is 0.00000272. The fraction of sp³-hybridized carbons (Fsp3) is 0.217. The molecule has 8 heteroatoms. The summed E-state index contributed by atoms with van der Waals surface area (Å²) in [5.41, 5.74) is 3.03. The summed E-state index contributed by atoms with van der Waals surface area (Å²) in [6, 6.07) is 14.4. The molecule has 2 amide bonds. The molecule has 0 saturated heterocycles. The van der Waals surface area contributed by atoms with Gasteiger partial charge in [-0.05, 0) is 61.7 Å². The van der Waals surface area contributed by atoms with E-state index in [9.17, 15) is 9.59 Å². The molecule has 1 fully saturated rings. The van der Waals surface area contributed by atoms with Gasteiger partial charge in [-0.15, -0.1) is 17.0 Å². The molecule has 2 N–H and O–H groups in total. The number of anilines is 1. The van der Waals surface area contributed by atoms with Crippen molar-refractivity contribution in [3.05, 3.63) is 83.4 Å². The third-order valence-corrected chi connectivity index (χ3v) is 4.74. The number of nitrogens with zero attached hydrogens (tertiary/aromatic N) is 2. The average Bonchev–Trinajstić information content (AvgIpc) is 3.59. The van der Waals surface area contributed by atoms with Crippen molar-refractivity contribution in [3.63, 3.8) is 0 Å². The van der Waals surface area contributed by atoms with E-state index in [1.165, 1.54) is 6.20 Å². The Morgan fingerprint density at radius 3 is 2.58 bits per heavy atom. The number of hydrogen-bond donors (Lipinski definition) is 2. The quantitative estimate of drug-likeness (QED) is 0.528. The Labute approximate surface area is 191 Å². The number of aromatic nitrogens is 2. The van der Waals surface area contributed by atoms with Crippen LogP contribution < -0.4 is 15.4 Å². The summed E-state index contributed by atoms with van der Waals surface area (Å²) in [6.45, 7) is 2.20. The van der Waals surface area contributed by atoms with Crippen molar-refractivity contribution in [2.24, 2.45) is 0 Å². The minimum absolute atomic E-state index is 0. The standard InChI is InChI=1S/C23H22N4O3.BrH/c1-15-5-6-16(22(28)26-17-7-8-17)12-21(15)27-23(29)20-10-9-19(13-25-20)30-14-18-4-2-3-11-24-18;/h2-6,9-13,17H,7-8,14H2,1H3,(H,26,28)(H,27,29);1H. The molecule has 2 heterocycles. The summed E-state index contributed by atoms with van der Waals surface area (Å²) in [6.07, 6.45) is 5.25. The molecule has 7 nitrogen and oxygen atoms in total. The summed E-state index contributed by atoms with van der Waals surface area (Å²) in [5, 5.41) is 5.79. The maximum absolute atomic E-state index is 12.6. The molecule has 3 aromatic rings. The first-order valence-corrected chi connectivity index (χ1v) is 9.80. The molecule has 160 valence electrons. The molecule has 0 bridgehead atoms. The lowest BCUT2D eigenvalue weighted by Gasteiger charge is -2.11. The van der Waals surface area contributed by atoms with E-state index in [2.05, 4.69) is 20.6 Å². The van der Waals surface area contributed by atoms with Crippen LogP contribution in [0.4, 0.5) is 5.69 Å². The van der Waals surface area contributed by atoms with Crippen LogP contribution in [0.25, 0.3) is 0 Å². The SMILES string of the molecule is Br.Cc1ccc(C(=O)NC2CC2)cc1NC(=O)c1ccc(OCc2ccccn2)cn1. The molecule has 31 heavy (non-hydrogen) atoms. The number of halogens is 1. The number of carbonyl (C=O) groups is 2. The highest BCUT2D eigenvalue weighted by molar-refractivity contribution is 8.93. The third-order valence-electron chi connectivity index (χ3n) is 4.74. The van der Waals surface area contributed by atoms with E-state index < -0.39 is 0 Å². The van der Waals surface area contributed by atoms with Gasteiger partial charge in [0.15, 0.2) is 0 Å². The van der Waals surface area contributed by atoms with Gasteiger partial charge in [-0.25, -0.2) is 4.98 Å². The molecule has 2 aromatic heterocycles. The second-order valence-electron chi connectivity index (χ2n) is 7.22. The van der Waals surface area contributed by atoms with Crippen LogP contribution in [0.5, 0.6) is 5.75 Å². The number of aryl methyl sites for hydroxylation is 1. The fourth-order valence-corrected chi connectivity index (χ4v) is 2.82. The number of ether oxygens (including phenoxy) is 1. The summed E-state index contributed by atoms with van der Waals surface area (Å²) in [5.74, 6) is 0.0711. The van der Waals surface area contributed by atoms with Crippen LogP contribution in [0.1, 0.15) is 44.9 Å². The average molecular weight is 483 g/mol. The smallest absolute Gasteiger partial charge is 0.274 e. The van der Waals surface area contributed by atoms with Crippen LogP contribution in [0.3, 0.4) is 0 Å². The van der Waals surface area contributed by atoms with E-state index in [4.69, 9.17) is 4.74 Å². The van der Waals surface area contributed by atoms with Gasteiger partial charge < -0.3 is 15.4 Å². The lowest BCUT2D eigenvalue weighted by Crippen LogP contribution is -2.25. The van der Waals surface area contributed by atoms with Crippen LogP contribution in [-0.4, -0.2) is 27.8 Å². The maximum atomic E-state index is 12.6. The topological polar surface area (TPSA) is 93.2 Å². The van der Waals surface area contributed by atoms with E-state index in [1.807, 2.05) is 31.2 Å². The summed E-state index contributed by atoms with van der Waals surface area (Å²) in [4.78, 5) is 33.2. The molecular weight excluding hydrogens is 460 g/mol. The highest BCUT2D eigenvalue weighted by Crippen LogP contribution is 2.22. The van der Waals surface area contributed by atoms with Crippen LogP contribution in [0.2, 0.25) is 0 Å². The monoisotopic (exact) mass is 482 g/mol. The molecule has 4 rings (SSSR count). The lowest BCUT2D eigenvalue weighted by atomic mass is 10.1. The van der Waals surface area contributed by atoms with Crippen molar-refractivity contribution in [3.8, 4) is 5.75 Å². The zero-order chi connectivity index (χ0) is 20.9. The number of benzene rings is 1. The summed E-state index contributed by atoms with van der Waals surface area (Å²) < 4.78 is 5.64. The van der Waals surface area contributed by atoms with Gasteiger partial charge in [0, 0.05) is 23.5 Å². The first kappa shape index (κ1) is 22.4. The summed E-state index contributed by atoms with van der Waals surface area (Å²) in [7, 11) is 0. The molecule has 0 atom stereocenters. The number of nitrogens with one attached hydrogen (secondary N) is 2. The van der Waals surface area contributed by atoms with Gasteiger partial charge in [-0.2, -0.15) is 0 Å². The minimum Gasteiger partial charge on any atom is -0.486 e. The lowest BCUT2D eigenvalue weighted by molar-refractivity contribution is 0.0949. The van der Waals surface area contributed by atoms with Gasteiger partial charge in [0.05, 0.1) is 11.9 Å². The first-order chi connectivity index (χ1) is 14.6. The van der Waals surface area contributed by atoms with Gasteiger partial charge in [0.1, 0.15) is 18.1 Å². The van der Waals surface area contributed by atoms with E-state index in [0.29, 0.717) is 23.6 Å². The van der Waals surface area contributed by atoms with Gasteiger partial charge in [0.25, 0.3) is 11.8 Å². The molecule has 1 aliphatic rings. The van der Waals surface area contributed by atoms with Crippen LogP contribution >= 0.6 is 17.0 Å². The highest BCUT2D eigenvalue weighted by atomic mass is 79.9. The van der Waals surface area contributed by atoms with Gasteiger partial charge in [-0.3, -0.25) is 14.6 Å². The van der Waals surface area contributed by atoms with Crippen LogP contribution in [-0.2, 0) is 6.61 Å². The van der Waals surface area contributed by atoms with Gasteiger partial charge in [-0.1, -0.05) is 12.1 Å². The molecule has 0 unspecified atom stereocenters. The third kappa shape index (κ3) is 6.11. The molecule has 1 aliphatic carbocycles. The van der Waals surface area contributed by atoms with Crippen molar-refractivity contribution in [1.82, 2.24) is 15.3 Å². The molecule has 1 saturated carbocycles. The molecular formula is C23H23BrN4O3. The molecule has 1 aromatic carbocycles. The highest BCUT2D eigenvalue weighted by Gasteiger charge is 2.24. The second-order valence-corrected chi connectivity index (χ2v) is 7.22. The number of pyridine rings is 2. The van der Waals surface area contributed by atoms with E-state index in [0.717, 1.165) is 24.1 Å². The predicted molar refractivity (Wildman–Crippen MR) is 123 cm³/mol. The van der Waals surface area contributed by atoms with E-state index in [-0.39, 0.29) is 40.5 Å². The number of hydrogen-bond acceptors (Lipinski definition) is 5. The number of amides is 2. The van der Waals surface area contributed by atoms with Crippen LogP contribution in [0.15, 0.2) is 60.9 Å². The number of carbonyl (C=O) groups excluding carboxylic acids is 2. The zero-order valence-electron chi connectivity index (χ0n) is 17.0. The summed E-state index contributed by atoms with van der Waals surface area (Å²) >= 11 is 0. The first-order valence-electron chi connectivity index (χ1n) is 9.80. The molecule has 0 radical (unpaired) electrons. The predicted octanol–water partition coefficient (Wildman–Crippen LogP) is 4.09. The largest absolute Gasteiger partial charge is 0.486 e. The Morgan fingerprint density at radius 2 is 1.90 bits per heavy atom. The normalized spacial score (nSPS) is 12.4. The van der Waals surface area contributed by atoms with Crippen molar-refractivity contribution in [1.29, 1.82) is 0 Å². The minimum atomic E-state index is -0.353. The van der Waals surface area contributed by atoms with Gasteiger partial charge in [0.2, 0.25) is 0 Å². The Kier molecular flexibility index (Phi) is 7.36. The van der Waals surface area contributed by atoms with Crippen molar-refractivity contribution in [2.45, 2.75) is 32.4 Å². The van der Waals surface area contributed by atoms with Gasteiger partial charge >= 0.3 is 0 Å². The molecule has 0 spiro atoms. The van der Waals surface area contributed by atoms with E-state index in [1.54, 1.807) is 30.5 Å². The Bertz CT molecular complexity index is 1050. The maximum Gasteiger partial charge on any atom is 0.274 e. The molecule has 0 aliphatic heterocycles. The Morgan fingerprint density at radius 1 is 1.06 bits per heavy atom. The Hall–Kier alpha value is -3.26. The van der Waals surface area contributed by atoms with Crippen molar-refractivity contribution in [2.75, 3.05) is 5.32 Å². The number of rotatable bonds is 7. The van der Waals surface area contributed by atoms with Crippen LogP contribution in [0, 0.1) is 6.92 Å². The zero-order valence-corrected chi connectivity index (χ0v) is 18.7. The van der Waals surface area contributed by atoms with E-state index >= 15 is 0 Å². The fourth-order valence-electron chi connectivity index (χ4n) is 2.82.